The average molecular weight is 359 g/mol. The molecule has 0 aromatic heterocycles. The van der Waals surface area contributed by atoms with E-state index in [1.807, 2.05) is 0 Å². The number of non-ortho nitro benzene ring substituents is 1. The van der Waals surface area contributed by atoms with Gasteiger partial charge in [-0.25, -0.2) is 0 Å². The molecule has 1 aromatic carbocycles. The molecule has 25 heavy (non-hydrogen) atoms. The highest BCUT2D eigenvalue weighted by Gasteiger charge is 2.29. The summed E-state index contributed by atoms with van der Waals surface area (Å²) in [4.78, 5) is 22.4. The average Bonchev–Trinajstić information content (AvgIpc) is 2.61. The number of nitrogens with one attached hydrogen (secondary N) is 1. The van der Waals surface area contributed by atoms with Crippen LogP contribution >= 0.6 is 11.8 Å². The second-order valence-corrected chi connectivity index (χ2v) is 7.02. The van der Waals surface area contributed by atoms with Gasteiger partial charge in [-0.05, 0) is 17.7 Å². The lowest BCUT2D eigenvalue weighted by atomic mass is 9.87. The van der Waals surface area contributed by atoms with E-state index in [4.69, 9.17) is 0 Å². The molecule has 0 spiro atoms. The molecule has 1 heterocycles. The number of thioether (sulfide) groups is 1. The molecule has 1 amide bonds. The fraction of sp³-hybridized carbons (Fsp3) is 0.444. The summed E-state index contributed by atoms with van der Waals surface area (Å²) >= 11 is 1.51. The van der Waals surface area contributed by atoms with Crippen molar-refractivity contribution in [2.45, 2.75) is 44.9 Å². The van der Waals surface area contributed by atoms with Crippen LogP contribution in [0.1, 0.15) is 50.5 Å². The first-order chi connectivity index (χ1) is 12.1. The number of unbranched alkanes of at least 4 members (excludes halogenated alkanes) is 3. The van der Waals surface area contributed by atoms with Crippen LogP contribution in [0.15, 0.2) is 34.9 Å². The minimum atomic E-state index is -0.462. The Bertz CT molecular complexity index is 707. The van der Waals surface area contributed by atoms with Gasteiger partial charge >= 0.3 is 0 Å². The quantitative estimate of drug-likeness (QED) is 0.425. The Labute approximate surface area is 151 Å². The second kappa shape index (κ2) is 9.23. The van der Waals surface area contributed by atoms with Crippen LogP contribution in [0.5, 0.6) is 0 Å². The second-order valence-electron chi connectivity index (χ2n) is 5.92. The lowest BCUT2D eigenvalue weighted by Crippen LogP contribution is -2.30. The lowest BCUT2D eigenvalue weighted by Gasteiger charge is -2.25. The molecule has 0 bridgehead atoms. The largest absolute Gasteiger partial charge is 0.320 e. The first-order valence-electron chi connectivity index (χ1n) is 8.38. The number of nitro groups is 1. The first-order valence-corrected chi connectivity index (χ1v) is 9.36. The van der Waals surface area contributed by atoms with Gasteiger partial charge < -0.3 is 5.32 Å². The molecule has 1 unspecified atom stereocenters. The maximum atomic E-state index is 12.1. The predicted molar refractivity (Wildman–Crippen MR) is 97.8 cm³/mol. The summed E-state index contributed by atoms with van der Waals surface area (Å²) in [5, 5.41) is 23.8. The molecule has 7 heteroatoms. The van der Waals surface area contributed by atoms with Gasteiger partial charge in [0.2, 0.25) is 5.91 Å². The van der Waals surface area contributed by atoms with Crippen molar-refractivity contribution in [3.05, 3.63) is 50.5 Å². The highest BCUT2D eigenvalue weighted by atomic mass is 32.2. The summed E-state index contributed by atoms with van der Waals surface area (Å²) in [5.74, 6) is 0.379. The van der Waals surface area contributed by atoms with Gasteiger partial charge in [0.1, 0.15) is 0 Å². The Hall–Kier alpha value is -2.33. The van der Waals surface area contributed by atoms with Gasteiger partial charge in [0.05, 0.1) is 21.6 Å². The van der Waals surface area contributed by atoms with Crippen molar-refractivity contribution in [2.24, 2.45) is 0 Å². The van der Waals surface area contributed by atoms with Crippen LogP contribution in [0.4, 0.5) is 5.69 Å². The van der Waals surface area contributed by atoms with Gasteiger partial charge in [-0.2, -0.15) is 5.26 Å². The highest BCUT2D eigenvalue weighted by Crippen LogP contribution is 2.36. The van der Waals surface area contributed by atoms with Crippen LogP contribution in [-0.4, -0.2) is 16.6 Å². The standard InChI is InChI=1S/C18H21N3O3S/c1-2-3-4-5-10-25-18-16(12-19)15(11-17(22)20-18)13-6-8-14(9-7-13)21(23)24/h6-9,15H,2-5,10-11H2,1H3,(H,20,22). The minimum absolute atomic E-state index is 0.00276. The molecule has 2 rings (SSSR count). The van der Waals surface area contributed by atoms with E-state index in [9.17, 15) is 20.2 Å². The number of benzene rings is 1. The number of nitriles is 1. The van der Waals surface area contributed by atoms with Crippen molar-refractivity contribution in [2.75, 3.05) is 5.75 Å². The summed E-state index contributed by atoms with van der Waals surface area (Å²) in [6, 6.07) is 8.30. The smallest absolute Gasteiger partial charge is 0.269 e. The van der Waals surface area contributed by atoms with E-state index in [2.05, 4.69) is 18.3 Å². The van der Waals surface area contributed by atoms with E-state index in [0.717, 1.165) is 30.6 Å². The zero-order valence-corrected chi connectivity index (χ0v) is 15.0. The van der Waals surface area contributed by atoms with Crippen LogP contribution < -0.4 is 5.32 Å². The molecule has 1 aliphatic rings. The van der Waals surface area contributed by atoms with Crippen molar-refractivity contribution >= 4 is 23.4 Å². The number of carbonyl (C=O) groups excluding carboxylic acids is 1. The Morgan fingerprint density at radius 1 is 1.32 bits per heavy atom. The third kappa shape index (κ3) is 5.07. The topological polar surface area (TPSA) is 96.0 Å². The zero-order chi connectivity index (χ0) is 18.2. The number of amides is 1. The summed E-state index contributed by atoms with van der Waals surface area (Å²) in [5.41, 5.74) is 1.28. The van der Waals surface area contributed by atoms with Gasteiger partial charge in [0, 0.05) is 24.5 Å². The number of carbonyl (C=O) groups is 1. The van der Waals surface area contributed by atoms with E-state index < -0.39 is 4.92 Å². The van der Waals surface area contributed by atoms with Gasteiger partial charge in [0.15, 0.2) is 0 Å². The van der Waals surface area contributed by atoms with Crippen molar-refractivity contribution in [1.29, 1.82) is 5.26 Å². The molecular formula is C18H21N3O3S. The summed E-state index contributed by atoms with van der Waals surface area (Å²) in [6.07, 6.45) is 4.70. The molecule has 0 saturated carbocycles. The predicted octanol–water partition coefficient (Wildman–Crippen LogP) is 4.25. The molecular weight excluding hydrogens is 338 g/mol. The molecule has 1 atom stereocenters. The van der Waals surface area contributed by atoms with Crippen molar-refractivity contribution < 1.29 is 9.72 Å². The Morgan fingerprint density at radius 3 is 2.64 bits per heavy atom. The number of nitro benzene ring substituents is 1. The van der Waals surface area contributed by atoms with Crippen LogP contribution in [-0.2, 0) is 4.79 Å². The maximum Gasteiger partial charge on any atom is 0.269 e. The van der Waals surface area contributed by atoms with E-state index in [1.54, 1.807) is 12.1 Å². The summed E-state index contributed by atoms with van der Waals surface area (Å²) in [7, 11) is 0. The molecule has 1 N–H and O–H groups in total. The molecule has 0 fully saturated rings. The fourth-order valence-electron chi connectivity index (χ4n) is 2.75. The SMILES string of the molecule is CCCCCCSC1=C(C#N)C(c2ccc([N+](=O)[O-])cc2)CC(=O)N1. The molecule has 0 aliphatic carbocycles. The van der Waals surface area contributed by atoms with Crippen molar-refractivity contribution in [3.8, 4) is 6.07 Å². The molecule has 0 saturated heterocycles. The number of allylic oxidation sites excluding steroid dienone is 1. The van der Waals surface area contributed by atoms with Crippen LogP contribution in [0, 0.1) is 21.4 Å². The van der Waals surface area contributed by atoms with Crippen LogP contribution in [0.3, 0.4) is 0 Å². The van der Waals surface area contributed by atoms with Gasteiger partial charge in [0.25, 0.3) is 5.69 Å². The van der Waals surface area contributed by atoms with E-state index in [-0.39, 0.29) is 23.9 Å². The van der Waals surface area contributed by atoms with Gasteiger partial charge in [-0.3, -0.25) is 14.9 Å². The van der Waals surface area contributed by atoms with Crippen LogP contribution in [0.25, 0.3) is 0 Å². The minimum Gasteiger partial charge on any atom is -0.320 e. The number of hydrogen-bond acceptors (Lipinski definition) is 5. The normalized spacial score (nSPS) is 17.1. The Morgan fingerprint density at radius 2 is 2.04 bits per heavy atom. The highest BCUT2D eigenvalue weighted by molar-refractivity contribution is 8.03. The van der Waals surface area contributed by atoms with E-state index >= 15 is 0 Å². The van der Waals surface area contributed by atoms with Crippen LogP contribution in [0.2, 0.25) is 0 Å². The Kier molecular flexibility index (Phi) is 7.02. The lowest BCUT2D eigenvalue weighted by molar-refractivity contribution is -0.384. The number of hydrogen-bond donors (Lipinski definition) is 1. The van der Waals surface area contributed by atoms with Crippen molar-refractivity contribution in [3.63, 3.8) is 0 Å². The van der Waals surface area contributed by atoms with Crippen molar-refractivity contribution in [1.82, 2.24) is 5.32 Å². The molecule has 6 nitrogen and oxygen atoms in total. The van der Waals surface area contributed by atoms with Gasteiger partial charge in [-0.15, -0.1) is 11.8 Å². The molecule has 132 valence electrons. The zero-order valence-electron chi connectivity index (χ0n) is 14.2. The first kappa shape index (κ1) is 19.0. The molecule has 1 aliphatic heterocycles. The Balaban J connectivity index is 2.18. The number of nitrogens with zero attached hydrogens (tertiary/aromatic N) is 2. The molecule has 1 aromatic rings. The third-order valence-corrected chi connectivity index (χ3v) is 5.21. The fourth-order valence-corrected chi connectivity index (χ4v) is 3.83. The maximum absolute atomic E-state index is 12.1. The monoisotopic (exact) mass is 359 g/mol. The number of rotatable bonds is 8. The summed E-state index contributed by atoms with van der Waals surface area (Å²) in [6.45, 7) is 2.15. The van der Waals surface area contributed by atoms with E-state index in [1.165, 1.54) is 30.3 Å². The summed E-state index contributed by atoms with van der Waals surface area (Å²) < 4.78 is 0. The molecule has 0 radical (unpaired) electrons. The third-order valence-electron chi connectivity index (χ3n) is 4.11. The van der Waals surface area contributed by atoms with E-state index in [0.29, 0.717) is 10.6 Å². The van der Waals surface area contributed by atoms with Gasteiger partial charge in [-0.1, -0.05) is 38.3 Å².